The number of imidazole rings is 1. The van der Waals surface area contributed by atoms with Gasteiger partial charge in [0.05, 0.1) is 41.3 Å². The van der Waals surface area contributed by atoms with Crippen LogP contribution in [0.4, 0.5) is 0 Å². The number of aromatic nitrogens is 4. The van der Waals surface area contributed by atoms with Gasteiger partial charge in [0, 0.05) is 18.0 Å². The standard InChI is InChI=1S/C15H16ClN7/c1-10(22-5-2-6-23(22)17)11-7-12(16)14-8-18-9-21(14)15(11)13-3-4-19-20-13/h2-5,7-10H,6,17H2,1H3,(H,19,20). The fourth-order valence-electron chi connectivity index (χ4n) is 2.99. The summed E-state index contributed by atoms with van der Waals surface area (Å²) >= 11 is 6.45. The van der Waals surface area contributed by atoms with E-state index in [1.807, 2.05) is 33.8 Å². The fraction of sp³-hybridized carbons (Fsp3) is 0.200. The van der Waals surface area contributed by atoms with E-state index in [0.717, 1.165) is 22.5 Å². The van der Waals surface area contributed by atoms with Crippen LogP contribution in [0.3, 0.4) is 0 Å². The van der Waals surface area contributed by atoms with Gasteiger partial charge in [0.25, 0.3) is 0 Å². The molecule has 118 valence electrons. The summed E-state index contributed by atoms with van der Waals surface area (Å²) in [4.78, 5) is 4.22. The van der Waals surface area contributed by atoms with Gasteiger partial charge in [-0.15, -0.1) is 0 Å². The fourth-order valence-corrected chi connectivity index (χ4v) is 3.24. The molecule has 7 nitrogen and oxygen atoms in total. The maximum Gasteiger partial charge on any atom is 0.109 e. The zero-order valence-corrected chi connectivity index (χ0v) is 13.3. The van der Waals surface area contributed by atoms with E-state index in [9.17, 15) is 0 Å². The Morgan fingerprint density at radius 3 is 3.00 bits per heavy atom. The molecule has 0 saturated carbocycles. The summed E-state index contributed by atoms with van der Waals surface area (Å²) < 4.78 is 1.96. The molecule has 3 aromatic heterocycles. The van der Waals surface area contributed by atoms with Gasteiger partial charge in [0.15, 0.2) is 0 Å². The second kappa shape index (κ2) is 5.38. The third kappa shape index (κ3) is 2.21. The molecule has 1 atom stereocenters. The first-order valence-corrected chi connectivity index (χ1v) is 7.66. The molecule has 1 unspecified atom stereocenters. The highest BCUT2D eigenvalue weighted by molar-refractivity contribution is 6.34. The van der Waals surface area contributed by atoms with Crippen LogP contribution in [0, 0.1) is 0 Å². The van der Waals surface area contributed by atoms with Crippen LogP contribution in [0.15, 0.2) is 43.1 Å². The first kappa shape index (κ1) is 14.3. The van der Waals surface area contributed by atoms with E-state index in [0.29, 0.717) is 11.6 Å². The smallest absolute Gasteiger partial charge is 0.109 e. The Bertz CT molecular complexity index is 867. The van der Waals surface area contributed by atoms with Crippen molar-refractivity contribution in [3.05, 3.63) is 53.7 Å². The molecule has 0 radical (unpaired) electrons. The van der Waals surface area contributed by atoms with E-state index >= 15 is 0 Å². The molecule has 4 rings (SSSR count). The predicted octanol–water partition coefficient (Wildman–Crippen LogP) is 2.36. The largest absolute Gasteiger partial charge is 0.295 e. The van der Waals surface area contributed by atoms with Gasteiger partial charge in [-0.05, 0) is 25.1 Å². The Morgan fingerprint density at radius 1 is 1.43 bits per heavy atom. The highest BCUT2D eigenvalue weighted by Gasteiger charge is 2.25. The van der Waals surface area contributed by atoms with E-state index in [1.54, 1.807) is 23.8 Å². The third-order valence-corrected chi connectivity index (χ3v) is 4.42. The molecular formula is C15H16ClN7. The molecule has 0 amide bonds. The van der Waals surface area contributed by atoms with Crippen molar-refractivity contribution in [2.75, 3.05) is 6.54 Å². The van der Waals surface area contributed by atoms with Crippen molar-refractivity contribution in [1.29, 1.82) is 0 Å². The number of nitrogens with one attached hydrogen (secondary N) is 1. The summed E-state index contributed by atoms with van der Waals surface area (Å²) in [5, 5.41) is 11.5. The Morgan fingerprint density at radius 2 is 2.30 bits per heavy atom. The van der Waals surface area contributed by atoms with Gasteiger partial charge in [0.2, 0.25) is 0 Å². The Hall–Kier alpha value is -2.35. The maximum atomic E-state index is 6.45. The number of nitrogens with zero attached hydrogens (tertiary/aromatic N) is 5. The van der Waals surface area contributed by atoms with Crippen molar-refractivity contribution < 1.29 is 0 Å². The molecule has 0 bridgehead atoms. The summed E-state index contributed by atoms with van der Waals surface area (Å²) in [6, 6.07) is 3.89. The summed E-state index contributed by atoms with van der Waals surface area (Å²) in [6.07, 6.45) is 9.29. The van der Waals surface area contributed by atoms with E-state index in [2.05, 4.69) is 22.1 Å². The molecule has 8 heteroatoms. The van der Waals surface area contributed by atoms with Crippen LogP contribution in [-0.2, 0) is 0 Å². The van der Waals surface area contributed by atoms with E-state index in [4.69, 9.17) is 17.4 Å². The molecule has 4 heterocycles. The lowest BCUT2D eigenvalue weighted by Crippen LogP contribution is -2.42. The van der Waals surface area contributed by atoms with Crippen LogP contribution < -0.4 is 5.84 Å². The minimum Gasteiger partial charge on any atom is -0.295 e. The highest BCUT2D eigenvalue weighted by atomic mass is 35.5. The molecule has 0 aromatic carbocycles. The zero-order valence-electron chi connectivity index (χ0n) is 12.5. The minimum atomic E-state index is -0.00486. The molecular weight excluding hydrogens is 314 g/mol. The second-order valence-corrected chi connectivity index (χ2v) is 5.87. The molecule has 0 spiro atoms. The number of halogens is 1. The van der Waals surface area contributed by atoms with Crippen LogP contribution in [0.2, 0.25) is 5.02 Å². The van der Waals surface area contributed by atoms with Crippen LogP contribution in [-0.4, -0.2) is 36.3 Å². The topological polar surface area (TPSA) is 78.5 Å². The number of rotatable bonds is 3. The normalized spacial score (nSPS) is 16.6. The first-order chi connectivity index (χ1) is 11.2. The number of aromatic amines is 1. The van der Waals surface area contributed by atoms with E-state index < -0.39 is 0 Å². The van der Waals surface area contributed by atoms with Gasteiger partial charge in [-0.3, -0.25) is 20.4 Å². The SMILES string of the molecule is CC(c1cc(Cl)c2cncn2c1-c1cc[nH]n1)N1C=CCN1N. The minimum absolute atomic E-state index is 0.00486. The Labute approximate surface area is 137 Å². The molecule has 0 aliphatic carbocycles. The van der Waals surface area contributed by atoms with Crippen LogP contribution in [0.25, 0.3) is 16.9 Å². The number of H-pyrrole nitrogens is 1. The Balaban J connectivity index is 1.95. The number of hydrogen-bond acceptors (Lipinski definition) is 5. The molecule has 3 aromatic rings. The second-order valence-electron chi connectivity index (χ2n) is 5.47. The van der Waals surface area contributed by atoms with Crippen molar-refractivity contribution in [3.63, 3.8) is 0 Å². The van der Waals surface area contributed by atoms with Gasteiger partial charge in [-0.2, -0.15) is 10.2 Å². The highest BCUT2D eigenvalue weighted by Crippen LogP contribution is 2.35. The number of nitrogens with two attached hydrogens (primary N) is 1. The van der Waals surface area contributed by atoms with E-state index in [-0.39, 0.29) is 6.04 Å². The average Bonchev–Trinajstić information content (AvgIpc) is 3.27. The van der Waals surface area contributed by atoms with Crippen LogP contribution in [0.5, 0.6) is 0 Å². The third-order valence-electron chi connectivity index (χ3n) is 4.12. The Kier molecular flexibility index (Phi) is 3.33. The van der Waals surface area contributed by atoms with Gasteiger partial charge in [0.1, 0.15) is 5.69 Å². The number of pyridine rings is 1. The van der Waals surface area contributed by atoms with Crippen molar-refractivity contribution in [2.45, 2.75) is 13.0 Å². The van der Waals surface area contributed by atoms with Gasteiger partial charge in [-0.25, -0.2) is 4.98 Å². The van der Waals surface area contributed by atoms with Crippen LogP contribution in [0.1, 0.15) is 18.5 Å². The predicted molar refractivity (Wildman–Crippen MR) is 88.1 cm³/mol. The van der Waals surface area contributed by atoms with E-state index in [1.165, 1.54) is 0 Å². The van der Waals surface area contributed by atoms with Crippen molar-refractivity contribution in [2.24, 2.45) is 5.84 Å². The zero-order chi connectivity index (χ0) is 16.0. The molecule has 0 saturated heterocycles. The van der Waals surface area contributed by atoms with Crippen molar-refractivity contribution in [3.8, 4) is 11.4 Å². The molecule has 1 aliphatic heterocycles. The lowest BCUT2D eigenvalue weighted by molar-refractivity contribution is 0.0158. The van der Waals surface area contributed by atoms with Gasteiger partial charge >= 0.3 is 0 Å². The lowest BCUT2D eigenvalue weighted by Gasteiger charge is -2.32. The molecule has 1 aliphatic rings. The quantitative estimate of drug-likeness (QED) is 0.721. The molecule has 3 N–H and O–H groups in total. The maximum absolute atomic E-state index is 6.45. The number of fused-ring (bicyclic) bond motifs is 1. The van der Waals surface area contributed by atoms with Gasteiger partial charge in [-0.1, -0.05) is 11.6 Å². The summed E-state index contributed by atoms with van der Waals surface area (Å²) in [6.45, 7) is 2.77. The lowest BCUT2D eigenvalue weighted by atomic mass is 10.0. The van der Waals surface area contributed by atoms with Crippen molar-refractivity contribution >= 4 is 17.1 Å². The number of hydrogen-bond donors (Lipinski definition) is 2. The number of hydrazine groups is 2. The monoisotopic (exact) mass is 329 g/mol. The van der Waals surface area contributed by atoms with Gasteiger partial charge < -0.3 is 0 Å². The molecule has 0 fully saturated rings. The summed E-state index contributed by atoms with van der Waals surface area (Å²) in [7, 11) is 0. The molecule has 23 heavy (non-hydrogen) atoms. The summed E-state index contributed by atoms with van der Waals surface area (Å²) in [5.41, 5.74) is 3.65. The average molecular weight is 330 g/mol. The van der Waals surface area contributed by atoms with Crippen molar-refractivity contribution in [1.82, 2.24) is 29.7 Å². The summed E-state index contributed by atoms with van der Waals surface area (Å²) in [5.74, 6) is 6.04. The van der Waals surface area contributed by atoms with Crippen LogP contribution >= 0.6 is 11.6 Å². The first-order valence-electron chi connectivity index (χ1n) is 7.28.